The van der Waals surface area contributed by atoms with Crippen LogP contribution >= 0.6 is 0 Å². The zero-order valence-electron chi connectivity index (χ0n) is 21.0. The van der Waals surface area contributed by atoms with Gasteiger partial charge in [-0.05, 0) is 63.6 Å². The molecule has 0 radical (unpaired) electrons. The molecule has 0 spiro atoms. The number of ether oxygens (including phenoxy) is 1. The van der Waals surface area contributed by atoms with Gasteiger partial charge in [-0.15, -0.1) is 0 Å². The van der Waals surface area contributed by atoms with Crippen molar-refractivity contribution in [2.24, 2.45) is 0 Å². The van der Waals surface area contributed by atoms with Crippen molar-refractivity contribution >= 4 is 28.8 Å². The van der Waals surface area contributed by atoms with E-state index in [0.717, 1.165) is 63.3 Å². The largest absolute Gasteiger partial charge is 0.480 e. The van der Waals surface area contributed by atoms with Crippen LogP contribution in [-0.4, -0.2) is 86.3 Å². The fourth-order valence-electron chi connectivity index (χ4n) is 4.49. The molecule has 1 aliphatic heterocycles. The van der Waals surface area contributed by atoms with Crippen molar-refractivity contribution < 1.29 is 14.6 Å². The fourth-order valence-corrected chi connectivity index (χ4v) is 4.49. The van der Waals surface area contributed by atoms with Crippen molar-refractivity contribution in [2.75, 3.05) is 43.9 Å². The Morgan fingerprint density at radius 2 is 2.14 bits per heavy atom. The monoisotopic (exact) mass is 496 g/mol. The average molecular weight is 497 g/mol. The van der Waals surface area contributed by atoms with Crippen LogP contribution in [0.4, 0.5) is 11.6 Å². The Morgan fingerprint density at radius 3 is 2.97 bits per heavy atom. The predicted octanol–water partition coefficient (Wildman–Crippen LogP) is 2.72. The van der Waals surface area contributed by atoms with Gasteiger partial charge in [-0.3, -0.25) is 0 Å². The molecule has 3 aromatic heterocycles. The number of aryl methyl sites for hydroxylation is 2. The molecular formula is C25H36N8O3. The minimum absolute atomic E-state index is 0.0557. The number of H-pyrrole nitrogens is 1. The van der Waals surface area contributed by atoms with Crippen LogP contribution in [-0.2, 0) is 22.4 Å². The minimum Gasteiger partial charge on any atom is -0.480 e. The van der Waals surface area contributed by atoms with E-state index in [1.54, 1.807) is 7.11 Å². The number of pyridine rings is 1. The number of carboxylic acids is 1. The van der Waals surface area contributed by atoms with Crippen molar-refractivity contribution in [1.82, 2.24) is 29.8 Å². The summed E-state index contributed by atoms with van der Waals surface area (Å²) >= 11 is 0. The van der Waals surface area contributed by atoms with Crippen LogP contribution in [0.5, 0.6) is 0 Å². The summed E-state index contributed by atoms with van der Waals surface area (Å²) in [6.45, 7) is 5.24. The first-order chi connectivity index (χ1) is 17.5. The van der Waals surface area contributed by atoms with Gasteiger partial charge in [0.15, 0.2) is 11.5 Å². The Balaban J connectivity index is 1.30. The molecule has 0 aromatic carbocycles. The van der Waals surface area contributed by atoms with Gasteiger partial charge in [0.1, 0.15) is 23.7 Å². The quantitative estimate of drug-likeness (QED) is 0.246. The summed E-state index contributed by atoms with van der Waals surface area (Å²) in [5.41, 5.74) is 3.52. The number of fused-ring (bicyclic) bond motifs is 2. The molecule has 0 amide bonds. The molecule has 11 heteroatoms. The summed E-state index contributed by atoms with van der Waals surface area (Å²) in [4.78, 5) is 34.5. The van der Waals surface area contributed by atoms with Gasteiger partial charge in [-0.2, -0.15) is 0 Å². The third kappa shape index (κ3) is 6.88. The van der Waals surface area contributed by atoms with Gasteiger partial charge in [-0.25, -0.2) is 24.7 Å². The SMILES string of the molecule is COC(C)CN(CCCCc1ccc2c(n1)NCCC2)CCC(Nc1ncnc2[nH]cnc12)C(=O)O. The average Bonchev–Trinajstić information content (AvgIpc) is 3.38. The van der Waals surface area contributed by atoms with Crippen LogP contribution in [0.3, 0.4) is 0 Å². The molecule has 0 bridgehead atoms. The lowest BCUT2D eigenvalue weighted by atomic mass is 10.1. The zero-order valence-corrected chi connectivity index (χ0v) is 21.0. The van der Waals surface area contributed by atoms with E-state index in [-0.39, 0.29) is 6.10 Å². The van der Waals surface area contributed by atoms with E-state index in [1.165, 1.54) is 18.2 Å². The Hall–Kier alpha value is -3.31. The van der Waals surface area contributed by atoms with Gasteiger partial charge in [-0.1, -0.05) is 6.07 Å². The lowest BCUT2D eigenvalue weighted by molar-refractivity contribution is -0.138. The molecule has 2 atom stereocenters. The van der Waals surface area contributed by atoms with Crippen molar-refractivity contribution in [2.45, 2.75) is 57.6 Å². The number of imidazole rings is 1. The van der Waals surface area contributed by atoms with Crippen molar-refractivity contribution in [3.05, 3.63) is 36.0 Å². The number of aliphatic carboxylic acids is 1. The number of carbonyl (C=O) groups is 1. The maximum atomic E-state index is 12.0. The molecule has 0 fully saturated rings. The number of hydrogen-bond acceptors (Lipinski definition) is 9. The minimum atomic E-state index is -0.927. The standard InChI is InChI=1S/C25H36N8O3/c1-17(36-2)14-33(12-4-3-7-19-9-8-18-6-5-11-26-22(18)31-19)13-10-20(25(34)35)32-24-21-23(28-15-27-21)29-16-30-24/h8-9,15-17,20H,3-7,10-14H2,1-2H3,(H,26,31)(H,34,35)(H2,27,28,29,30,32). The van der Waals surface area contributed by atoms with E-state index in [4.69, 9.17) is 9.72 Å². The van der Waals surface area contributed by atoms with E-state index in [2.05, 4.69) is 47.6 Å². The number of rotatable bonds is 14. The molecule has 4 N–H and O–H groups in total. The summed E-state index contributed by atoms with van der Waals surface area (Å²) in [7, 11) is 1.70. The van der Waals surface area contributed by atoms with E-state index >= 15 is 0 Å². The highest BCUT2D eigenvalue weighted by molar-refractivity contribution is 5.85. The van der Waals surface area contributed by atoms with Gasteiger partial charge in [0, 0.05) is 32.4 Å². The molecule has 2 unspecified atom stereocenters. The maximum Gasteiger partial charge on any atom is 0.326 e. The van der Waals surface area contributed by atoms with E-state index < -0.39 is 12.0 Å². The van der Waals surface area contributed by atoms with Gasteiger partial charge >= 0.3 is 5.97 Å². The number of nitrogens with one attached hydrogen (secondary N) is 3. The van der Waals surface area contributed by atoms with Crippen LogP contribution in [0.2, 0.25) is 0 Å². The number of unbranched alkanes of at least 4 members (excludes halogenated alkanes) is 1. The molecule has 0 aliphatic carbocycles. The first kappa shape index (κ1) is 25.8. The van der Waals surface area contributed by atoms with Gasteiger partial charge in [0.05, 0.1) is 12.4 Å². The van der Waals surface area contributed by atoms with E-state index in [1.807, 2.05) is 6.92 Å². The Bertz CT molecular complexity index is 1140. The van der Waals surface area contributed by atoms with Crippen molar-refractivity contribution in [3.8, 4) is 0 Å². The Labute approximate surface area is 211 Å². The summed E-state index contributed by atoms with van der Waals surface area (Å²) in [5, 5.41) is 16.3. The molecule has 194 valence electrons. The third-order valence-electron chi connectivity index (χ3n) is 6.59. The number of methoxy groups -OCH3 is 1. The smallest absolute Gasteiger partial charge is 0.326 e. The zero-order chi connectivity index (χ0) is 25.3. The second-order valence-corrected chi connectivity index (χ2v) is 9.29. The van der Waals surface area contributed by atoms with E-state index in [9.17, 15) is 9.90 Å². The number of aromatic amines is 1. The molecule has 36 heavy (non-hydrogen) atoms. The highest BCUT2D eigenvalue weighted by Gasteiger charge is 2.21. The molecular weight excluding hydrogens is 460 g/mol. The van der Waals surface area contributed by atoms with Crippen LogP contribution in [0, 0.1) is 0 Å². The number of aromatic nitrogens is 5. The maximum absolute atomic E-state index is 12.0. The first-order valence-electron chi connectivity index (χ1n) is 12.6. The summed E-state index contributed by atoms with van der Waals surface area (Å²) in [6, 6.07) is 3.54. The molecule has 11 nitrogen and oxygen atoms in total. The highest BCUT2D eigenvalue weighted by atomic mass is 16.5. The normalized spacial score (nSPS) is 14.9. The number of carboxylic acid groups (broad SMARTS) is 1. The number of hydrogen-bond donors (Lipinski definition) is 4. The van der Waals surface area contributed by atoms with Crippen LogP contribution < -0.4 is 10.6 Å². The summed E-state index contributed by atoms with van der Waals surface area (Å²) in [6.07, 6.45) is 8.57. The number of anilines is 2. The fraction of sp³-hybridized carbons (Fsp3) is 0.560. The van der Waals surface area contributed by atoms with Crippen molar-refractivity contribution in [3.63, 3.8) is 0 Å². The molecule has 3 aromatic rings. The summed E-state index contributed by atoms with van der Waals surface area (Å²) in [5.74, 6) is 0.527. The van der Waals surface area contributed by atoms with Crippen LogP contribution in [0.1, 0.15) is 43.9 Å². The van der Waals surface area contributed by atoms with Crippen LogP contribution in [0.25, 0.3) is 11.2 Å². The predicted molar refractivity (Wildman–Crippen MR) is 138 cm³/mol. The van der Waals surface area contributed by atoms with Gasteiger partial charge in [0.25, 0.3) is 0 Å². The molecule has 4 rings (SSSR count). The number of nitrogens with zero attached hydrogens (tertiary/aromatic N) is 5. The molecule has 0 saturated carbocycles. The Kier molecular flexibility index (Phi) is 9.01. The highest BCUT2D eigenvalue weighted by Crippen LogP contribution is 2.20. The Morgan fingerprint density at radius 1 is 1.25 bits per heavy atom. The molecule has 1 aliphatic rings. The summed E-state index contributed by atoms with van der Waals surface area (Å²) < 4.78 is 5.48. The van der Waals surface area contributed by atoms with Crippen molar-refractivity contribution in [1.29, 1.82) is 0 Å². The third-order valence-corrected chi connectivity index (χ3v) is 6.59. The first-order valence-corrected chi connectivity index (χ1v) is 12.6. The second kappa shape index (κ2) is 12.6. The molecule has 4 heterocycles. The topological polar surface area (TPSA) is 141 Å². The van der Waals surface area contributed by atoms with E-state index in [0.29, 0.717) is 29.9 Å². The lowest BCUT2D eigenvalue weighted by Crippen LogP contribution is -2.38. The molecule has 0 saturated heterocycles. The van der Waals surface area contributed by atoms with Crippen LogP contribution in [0.15, 0.2) is 24.8 Å². The lowest BCUT2D eigenvalue weighted by Gasteiger charge is -2.26. The van der Waals surface area contributed by atoms with Gasteiger partial charge < -0.3 is 30.4 Å². The van der Waals surface area contributed by atoms with Gasteiger partial charge in [0.2, 0.25) is 0 Å². The second-order valence-electron chi connectivity index (χ2n) is 9.29.